The van der Waals surface area contributed by atoms with Crippen molar-refractivity contribution in [3.05, 3.63) is 67.4 Å². The number of aryl methyl sites for hydroxylation is 1. The molecule has 0 amide bonds. The molecule has 0 fully saturated rings. The molecular weight excluding hydrogens is 280 g/mol. The predicted molar refractivity (Wildman–Crippen MR) is 76.4 cm³/mol. The monoisotopic (exact) mass is 292 g/mol. The van der Waals surface area contributed by atoms with Gasteiger partial charge in [-0.15, -0.1) is 0 Å². The summed E-state index contributed by atoms with van der Waals surface area (Å²) in [6.45, 7) is 0. The average Bonchev–Trinajstić information content (AvgIpc) is 2.43. The lowest BCUT2D eigenvalue weighted by atomic mass is 10.1. The van der Waals surface area contributed by atoms with E-state index >= 15 is 0 Å². The SMILES string of the molecule is Cn1cc(C(=O)Cc2ccccc2Cl)c(=O)n(C)c1=O. The van der Waals surface area contributed by atoms with Crippen molar-refractivity contribution >= 4 is 17.4 Å². The Morgan fingerprint density at radius 2 is 1.85 bits per heavy atom. The van der Waals surface area contributed by atoms with Gasteiger partial charge >= 0.3 is 5.69 Å². The van der Waals surface area contributed by atoms with Crippen LogP contribution in [0.5, 0.6) is 0 Å². The summed E-state index contributed by atoms with van der Waals surface area (Å²) >= 11 is 5.99. The molecule has 0 aliphatic rings. The van der Waals surface area contributed by atoms with Gasteiger partial charge in [-0.25, -0.2) is 4.79 Å². The van der Waals surface area contributed by atoms with E-state index in [2.05, 4.69) is 0 Å². The Labute approximate surface area is 120 Å². The maximum atomic E-state index is 12.2. The molecule has 0 aliphatic heterocycles. The maximum Gasteiger partial charge on any atom is 0.330 e. The minimum absolute atomic E-state index is 0.0190. The Hall–Kier alpha value is -2.14. The second-order valence-corrected chi connectivity index (χ2v) is 4.90. The highest BCUT2D eigenvalue weighted by atomic mass is 35.5. The highest BCUT2D eigenvalue weighted by molar-refractivity contribution is 6.31. The maximum absolute atomic E-state index is 12.2. The van der Waals surface area contributed by atoms with E-state index in [1.807, 2.05) is 0 Å². The number of ketones is 1. The number of nitrogens with zero attached hydrogens (tertiary/aromatic N) is 2. The summed E-state index contributed by atoms with van der Waals surface area (Å²) in [5.41, 5.74) is -0.431. The Kier molecular flexibility index (Phi) is 3.90. The lowest BCUT2D eigenvalue weighted by Crippen LogP contribution is -2.39. The number of hydrogen-bond donors (Lipinski definition) is 0. The fourth-order valence-corrected chi connectivity index (χ4v) is 2.11. The van der Waals surface area contributed by atoms with Gasteiger partial charge in [-0.05, 0) is 11.6 Å². The summed E-state index contributed by atoms with van der Waals surface area (Å²) < 4.78 is 2.13. The van der Waals surface area contributed by atoms with Gasteiger partial charge in [0.15, 0.2) is 5.78 Å². The molecule has 0 atom stereocenters. The fourth-order valence-electron chi connectivity index (χ4n) is 1.91. The number of carbonyl (C=O) groups excluding carboxylic acids is 1. The summed E-state index contributed by atoms with van der Waals surface area (Å²) in [6.07, 6.45) is 1.29. The van der Waals surface area contributed by atoms with Gasteiger partial charge in [0.25, 0.3) is 5.56 Å². The first kappa shape index (κ1) is 14.3. The molecule has 0 radical (unpaired) electrons. The van der Waals surface area contributed by atoms with Gasteiger partial charge in [0.05, 0.1) is 5.56 Å². The topological polar surface area (TPSA) is 61.1 Å². The zero-order valence-corrected chi connectivity index (χ0v) is 11.8. The quantitative estimate of drug-likeness (QED) is 0.798. The van der Waals surface area contributed by atoms with Gasteiger partial charge in [-0.2, -0.15) is 0 Å². The Morgan fingerprint density at radius 3 is 2.50 bits per heavy atom. The first-order valence-corrected chi connectivity index (χ1v) is 6.33. The van der Waals surface area contributed by atoms with Crippen LogP contribution in [0.15, 0.2) is 40.1 Å². The number of rotatable bonds is 3. The molecule has 0 saturated heterocycles. The van der Waals surface area contributed by atoms with Crippen LogP contribution in [-0.4, -0.2) is 14.9 Å². The van der Waals surface area contributed by atoms with E-state index in [-0.39, 0.29) is 17.8 Å². The van der Waals surface area contributed by atoms with E-state index in [0.717, 1.165) is 4.57 Å². The fraction of sp³-hybridized carbons (Fsp3) is 0.214. The average molecular weight is 293 g/mol. The third-order valence-electron chi connectivity index (χ3n) is 3.06. The van der Waals surface area contributed by atoms with Crippen LogP contribution >= 0.6 is 11.6 Å². The standard InChI is InChI=1S/C14H13ClN2O3/c1-16-8-10(13(19)17(2)14(16)20)12(18)7-9-5-3-4-6-11(9)15/h3-6,8H,7H2,1-2H3. The molecule has 1 aromatic carbocycles. The molecule has 0 unspecified atom stereocenters. The molecule has 0 aliphatic carbocycles. The number of aromatic nitrogens is 2. The van der Waals surface area contributed by atoms with Crippen LogP contribution in [0.25, 0.3) is 0 Å². The summed E-state index contributed by atoms with van der Waals surface area (Å²) in [4.78, 5) is 35.7. The lowest BCUT2D eigenvalue weighted by Gasteiger charge is -2.07. The van der Waals surface area contributed by atoms with E-state index < -0.39 is 11.2 Å². The van der Waals surface area contributed by atoms with Gasteiger partial charge in [-0.3, -0.25) is 14.2 Å². The van der Waals surface area contributed by atoms with Crippen LogP contribution in [0.2, 0.25) is 5.02 Å². The number of Topliss-reactive ketones (excluding diaryl/α,β-unsaturated/α-hetero) is 1. The summed E-state index contributed by atoms with van der Waals surface area (Å²) in [6, 6.07) is 6.95. The number of carbonyl (C=O) groups is 1. The molecular formula is C14H13ClN2O3. The third kappa shape index (κ3) is 2.58. The van der Waals surface area contributed by atoms with Crippen molar-refractivity contribution in [1.82, 2.24) is 9.13 Å². The highest BCUT2D eigenvalue weighted by Gasteiger charge is 2.16. The molecule has 1 aromatic heterocycles. The normalized spacial score (nSPS) is 10.6. The Balaban J connectivity index is 2.43. The molecule has 1 heterocycles. The van der Waals surface area contributed by atoms with Crippen molar-refractivity contribution in [1.29, 1.82) is 0 Å². The summed E-state index contributed by atoms with van der Waals surface area (Å²) in [5.74, 6) is -0.366. The van der Waals surface area contributed by atoms with Gasteiger partial charge in [0.2, 0.25) is 0 Å². The first-order valence-electron chi connectivity index (χ1n) is 5.95. The minimum Gasteiger partial charge on any atom is -0.303 e. The van der Waals surface area contributed by atoms with Crippen LogP contribution in [-0.2, 0) is 20.5 Å². The van der Waals surface area contributed by atoms with Gasteiger partial charge in [0, 0.05) is 31.7 Å². The van der Waals surface area contributed by atoms with E-state index in [4.69, 9.17) is 11.6 Å². The Morgan fingerprint density at radius 1 is 1.20 bits per heavy atom. The number of halogens is 1. The third-order valence-corrected chi connectivity index (χ3v) is 3.42. The smallest absolute Gasteiger partial charge is 0.303 e. The minimum atomic E-state index is -0.592. The molecule has 20 heavy (non-hydrogen) atoms. The van der Waals surface area contributed by atoms with E-state index in [1.165, 1.54) is 24.9 Å². The lowest BCUT2D eigenvalue weighted by molar-refractivity contribution is 0.0990. The van der Waals surface area contributed by atoms with Crippen molar-refractivity contribution < 1.29 is 4.79 Å². The van der Waals surface area contributed by atoms with E-state index in [0.29, 0.717) is 10.6 Å². The molecule has 0 N–H and O–H groups in total. The molecule has 0 bridgehead atoms. The molecule has 5 nitrogen and oxygen atoms in total. The van der Waals surface area contributed by atoms with Crippen LogP contribution < -0.4 is 11.2 Å². The van der Waals surface area contributed by atoms with Crippen molar-refractivity contribution in [2.24, 2.45) is 14.1 Å². The van der Waals surface area contributed by atoms with Crippen molar-refractivity contribution in [3.63, 3.8) is 0 Å². The summed E-state index contributed by atoms with van der Waals surface area (Å²) in [7, 11) is 2.84. The largest absolute Gasteiger partial charge is 0.330 e. The number of hydrogen-bond acceptors (Lipinski definition) is 3. The second kappa shape index (κ2) is 5.46. The predicted octanol–water partition coefficient (Wildman–Crippen LogP) is 1.16. The summed E-state index contributed by atoms with van der Waals surface area (Å²) in [5, 5.41) is 0.475. The van der Waals surface area contributed by atoms with E-state index in [1.54, 1.807) is 24.3 Å². The van der Waals surface area contributed by atoms with Crippen LogP contribution in [0.4, 0.5) is 0 Å². The molecule has 0 saturated carbocycles. The zero-order valence-electron chi connectivity index (χ0n) is 11.1. The van der Waals surface area contributed by atoms with Gasteiger partial charge in [-0.1, -0.05) is 29.8 Å². The Bertz CT molecular complexity index is 790. The molecule has 0 spiro atoms. The second-order valence-electron chi connectivity index (χ2n) is 4.49. The first-order chi connectivity index (χ1) is 9.41. The van der Waals surface area contributed by atoms with Crippen LogP contribution in [0.1, 0.15) is 15.9 Å². The highest BCUT2D eigenvalue weighted by Crippen LogP contribution is 2.16. The molecule has 6 heteroatoms. The molecule has 104 valence electrons. The van der Waals surface area contributed by atoms with Gasteiger partial charge < -0.3 is 4.57 Å². The van der Waals surface area contributed by atoms with Crippen LogP contribution in [0, 0.1) is 0 Å². The van der Waals surface area contributed by atoms with Crippen molar-refractivity contribution in [2.75, 3.05) is 0 Å². The van der Waals surface area contributed by atoms with Gasteiger partial charge in [0.1, 0.15) is 0 Å². The molecule has 2 rings (SSSR count). The van der Waals surface area contributed by atoms with Crippen molar-refractivity contribution in [3.8, 4) is 0 Å². The van der Waals surface area contributed by atoms with Crippen LogP contribution in [0.3, 0.4) is 0 Å². The van der Waals surface area contributed by atoms with Crippen molar-refractivity contribution in [2.45, 2.75) is 6.42 Å². The van der Waals surface area contributed by atoms with E-state index in [9.17, 15) is 14.4 Å². The molecule has 2 aromatic rings. The zero-order chi connectivity index (χ0) is 14.9. The number of benzene rings is 1.